The maximum absolute atomic E-state index is 12.7. The maximum atomic E-state index is 12.7. The van der Waals surface area contributed by atoms with Gasteiger partial charge in [0, 0.05) is 22.8 Å². The van der Waals surface area contributed by atoms with Gasteiger partial charge in [-0.3, -0.25) is 14.9 Å². The third-order valence-electron chi connectivity index (χ3n) is 3.94. The van der Waals surface area contributed by atoms with Crippen LogP contribution in [-0.4, -0.2) is 29.2 Å². The molecule has 7 heteroatoms. The molecule has 0 fully saturated rings. The van der Waals surface area contributed by atoms with E-state index < -0.39 is 4.92 Å². The molecular formula is C18H18N2O4S. The van der Waals surface area contributed by atoms with Crippen molar-refractivity contribution in [2.24, 2.45) is 0 Å². The number of nitrogens with zero attached hydrogens (tertiary/aromatic N) is 2. The van der Waals surface area contributed by atoms with Crippen molar-refractivity contribution in [2.75, 3.05) is 18.1 Å². The lowest BCUT2D eigenvalue weighted by Gasteiger charge is -2.22. The number of thioether (sulfide) groups is 1. The molecule has 3 rings (SSSR count). The van der Waals surface area contributed by atoms with Gasteiger partial charge in [0.05, 0.1) is 16.7 Å². The number of fused-ring (bicyclic) bond motifs is 1. The molecule has 1 aliphatic heterocycles. The molecule has 6 nitrogen and oxygen atoms in total. The average Bonchev–Trinajstić information content (AvgIpc) is 2.78. The summed E-state index contributed by atoms with van der Waals surface area (Å²) < 4.78 is 5.49. The zero-order valence-electron chi connectivity index (χ0n) is 13.8. The number of rotatable bonds is 4. The van der Waals surface area contributed by atoms with Crippen molar-refractivity contribution in [3.8, 4) is 5.75 Å². The standard InChI is InChI=1S/C18H18N2O4S/c1-13-9-10-19(16-7-2-3-8-17(16)25-13)18(21)12-24-15-6-4-5-14(11-15)20(22)23/h2-8,11,13H,9-10,12H2,1H3. The summed E-state index contributed by atoms with van der Waals surface area (Å²) in [6.07, 6.45) is 0.891. The molecule has 1 amide bonds. The molecule has 0 spiro atoms. The molecule has 0 aromatic heterocycles. The van der Waals surface area contributed by atoms with E-state index in [1.807, 2.05) is 24.3 Å². The third-order valence-corrected chi connectivity index (χ3v) is 5.17. The molecule has 0 saturated carbocycles. The Balaban J connectivity index is 1.73. The van der Waals surface area contributed by atoms with Gasteiger partial charge >= 0.3 is 0 Å². The van der Waals surface area contributed by atoms with Crippen LogP contribution in [0.15, 0.2) is 53.4 Å². The molecular weight excluding hydrogens is 340 g/mol. The van der Waals surface area contributed by atoms with Crippen molar-refractivity contribution < 1.29 is 14.5 Å². The second-order valence-corrected chi connectivity index (χ2v) is 7.25. The minimum absolute atomic E-state index is 0.0599. The summed E-state index contributed by atoms with van der Waals surface area (Å²) in [5.74, 6) is 0.155. The topological polar surface area (TPSA) is 72.7 Å². The predicted octanol–water partition coefficient (Wildman–Crippen LogP) is 3.89. The number of anilines is 1. The second kappa shape index (κ2) is 7.57. The molecule has 1 unspecified atom stereocenters. The molecule has 1 aliphatic rings. The van der Waals surface area contributed by atoms with Crippen LogP contribution in [0.1, 0.15) is 13.3 Å². The van der Waals surface area contributed by atoms with Crippen molar-refractivity contribution >= 4 is 29.0 Å². The molecule has 0 N–H and O–H groups in total. The van der Waals surface area contributed by atoms with Gasteiger partial charge in [0.15, 0.2) is 6.61 Å². The van der Waals surface area contributed by atoms with Crippen molar-refractivity contribution in [3.05, 3.63) is 58.6 Å². The second-order valence-electron chi connectivity index (χ2n) is 5.77. The van der Waals surface area contributed by atoms with E-state index in [-0.39, 0.29) is 18.2 Å². The summed E-state index contributed by atoms with van der Waals surface area (Å²) in [7, 11) is 0. The lowest BCUT2D eigenvalue weighted by molar-refractivity contribution is -0.384. The molecule has 2 aromatic rings. The monoisotopic (exact) mass is 358 g/mol. The number of hydrogen-bond acceptors (Lipinski definition) is 5. The van der Waals surface area contributed by atoms with E-state index in [1.54, 1.807) is 22.7 Å². The number of nitro groups is 1. The minimum Gasteiger partial charge on any atom is -0.483 e. The Hall–Kier alpha value is -2.54. The number of benzene rings is 2. The number of non-ortho nitro benzene ring substituents is 1. The van der Waals surface area contributed by atoms with Crippen molar-refractivity contribution in [3.63, 3.8) is 0 Å². The average molecular weight is 358 g/mol. The van der Waals surface area contributed by atoms with Gasteiger partial charge in [-0.1, -0.05) is 25.1 Å². The van der Waals surface area contributed by atoms with Crippen LogP contribution in [0.4, 0.5) is 11.4 Å². The molecule has 0 radical (unpaired) electrons. The summed E-state index contributed by atoms with van der Waals surface area (Å²) in [5.41, 5.74) is 0.833. The van der Waals surface area contributed by atoms with Crippen LogP contribution in [0.5, 0.6) is 5.75 Å². The lowest BCUT2D eigenvalue weighted by Crippen LogP contribution is -2.36. The Bertz CT molecular complexity index is 796. The van der Waals surface area contributed by atoms with Crippen LogP contribution in [-0.2, 0) is 4.79 Å². The van der Waals surface area contributed by atoms with Gasteiger partial charge in [0.1, 0.15) is 5.75 Å². The van der Waals surface area contributed by atoms with Crippen LogP contribution in [0.2, 0.25) is 0 Å². The van der Waals surface area contributed by atoms with Crippen molar-refractivity contribution in [1.29, 1.82) is 0 Å². The normalized spacial score (nSPS) is 16.7. The van der Waals surface area contributed by atoms with E-state index in [0.717, 1.165) is 17.0 Å². The van der Waals surface area contributed by atoms with Gasteiger partial charge < -0.3 is 9.64 Å². The molecule has 0 aliphatic carbocycles. The van der Waals surface area contributed by atoms with Crippen LogP contribution in [0.3, 0.4) is 0 Å². The fourth-order valence-electron chi connectivity index (χ4n) is 2.66. The van der Waals surface area contributed by atoms with Crippen LogP contribution >= 0.6 is 11.8 Å². The maximum Gasteiger partial charge on any atom is 0.273 e. The molecule has 1 heterocycles. The number of hydrogen-bond donors (Lipinski definition) is 0. The van der Waals surface area contributed by atoms with Gasteiger partial charge in [-0.15, -0.1) is 11.8 Å². The first-order valence-corrected chi connectivity index (χ1v) is 8.86. The number of para-hydroxylation sites is 1. The largest absolute Gasteiger partial charge is 0.483 e. The molecule has 130 valence electrons. The Morgan fingerprint density at radius 3 is 2.92 bits per heavy atom. The molecule has 0 saturated heterocycles. The zero-order chi connectivity index (χ0) is 17.8. The first kappa shape index (κ1) is 17.3. The van der Waals surface area contributed by atoms with Gasteiger partial charge in [-0.25, -0.2) is 0 Å². The van der Waals surface area contributed by atoms with E-state index in [0.29, 0.717) is 17.5 Å². The lowest BCUT2D eigenvalue weighted by atomic mass is 10.2. The van der Waals surface area contributed by atoms with E-state index >= 15 is 0 Å². The van der Waals surface area contributed by atoms with Gasteiger partial charge in [-0.05, 0) is 24.6 Å². The highest BCUT2D eigenvalue weighted by atomic mass is 32.2. The smallest absolute Gasteiger partial charge is 0.273 e. The SMILES string of the molecule is CC1CCN(C(=O)COc2cccc([N+](=O)[O-])c2)c2ccccc2S1. The number of ether oxygens (including phenoxy) is 1. The summed E-state index contributed by atoms with van der Waals surface area (Å²) in [6, 6.07) is 13.7. The highest BCUT2D eigenvalue weighted by molar-refractivity contribution is 8.00. The molecule has 2 aromatic carbocycles. The Morgan fingerprint density at radius 2 is 2.12 bits per heavy atom. The molecule has 0 bridgehead atoms. The quantitative estimate of drug-likeness (QED) is 0.612. The van der Waals surface area contributed by atoms with E-state index in [4.69, 9.17) is 4.74 Å². The van der Waals surface area contributed by atoms with E-state index in [9.17, 15) is 14.9 Å². The van der Waals surface area contributed by atoms with Gasteiger partial charge in [0.2, 0.25) is 0 Å². The number of carbonyl (C=O) groups excluding carboxylic acids is 1. The summed E-state index contributed by atoms with van der Waals surface area (Å²) in [4.78, 5) is 25.8. The molecule has 25 heavy (non-hydrogen) atoms. The first-order valence-electron chi connectivity index (χ1n) is 7.98. The minimum atomic E-state index is -0.488. The van der Waals surface area contributed by atoms with E-state index in [1.165, 1.54) is 18.2 Å². The fourth-order valence-corrected chi connectivity index (χ4v) is 3.77. The van der Waals surface area contributed by atoms with Gasteiger partial charge in [-0.2, -0.15) is 0 Å². The zero-order valence-corrected chi connectivity index (χ0v) is 14.6. The Morgan fingerprint density at radius 1 is 1.32 bits per heavy atom. The fraction of sp³-hybridized carbons (Fsp3) is 0.278. The van der Waals surface area contributed by atoms with Crippen molar-refractivity contribution in [1.82, 2.24) is 0 Å². The molecule has 1 atom stereocenters. The highest BCUT2D eigenvalue weighted by Gasteiger charge is 2.24. The van der Waals surface area contributed by atoms with Crippen LogP contribution in [0, 0.1) is 10.1 Å². The summed E-state index contributed by atoms with van der Waals surface area (Å²) >= 11 is 1.76. The predicted molar refractivity (Wildman–Crippen MR) is 97.3 cm³/mol. The first-order chi connectivity index (χ1) is 12.0. The van der Waals surface area contributed by atoms with Crippen molar-refractivity contribution in [2.45, 2.75) is 23.5 Å². The number of carbonyl (C=O) groups is 1. The summed E-state index contributed by atoms with van der Waals surface area (Å²) in [6.45, 7) is 2.62. The van der Waals surface area contributed by atoms with Gasteiger partial charge in [0.25, 0.3) is 11.6 Å². The third kappa shape index (κ3) is 4.11. The Labute approximate surface area is 149 Å². The van der Waals surface area contributed by atoms with E-state index in [2.05, 4.69) is 6.92 Å². The highest BCUT2D eigenvalue weighted by Crippen LogP contribution is 2.37. The van der Waals surface area contributed by atoms with Crippen LogP contribution < -0.4 is 9.64 Å². The Kier molecular flexibility index (Phi) is 5.23. The number of amides is 1. The summed E-state index contributed by atoms with van der Waals surface area (Å²) in [5, 5.41) is 11.2. The van der Waals surface area contributed by atoms with Crippen LogP contribution in [0.25, 0.3) is 0 Å². The number of nitro benzene ring substituents is 1.